The van der Waals surface area contributed by atoms with Crippen LogP contribution >= 0.6 is 0 Å². The van der Waals surface area contributed by atoms with Gasteiger partial charge < -0.3 is 11.1 Å². The van der Waals surface area contributed by atoms with Crippen LogP contribution in [0.4, 0.5) is 10.1 Å². The van der Waals surface area contributed by atoms with E-state index >= 15 is 0 Å². The van der Waals surface area contributed by atoms with Crippen molar-refractivity contribution in [2.45, 2.75) is 6.92 Å². The van der Waals surface area contributed by atoms with Crippen LogP contribution in [0.25, 0.3) is 0 Å². The Kier molecular flexibility index (Phi) is 4.70. The summed E-state index contributed by atoms with van der Waals surface area (Å²) in [4.78, 5) is 12.3. The molecule has 0 atom stereocenters. The summed E-state index contributed by atoms with van der Waals surface area (Å²) in [6.45, 7) is 1.89. The Hall–Kier alpha value is -2.64. The predicted molar refractivity (Wildman–Crippen MR) is 81.5 cm³/mol. The van der Waals surface area contributed by atoms with Gasteiger partial charge in [0.25, 0.3) is 5.91 Å². The van der Waals surface area contributed by atoms with Gasteiger partial charge in [-0.3, -0.25) is 4.79 Å². The molecule has 2 rings (SSSR count). The quantitative estimate of drug-likeness (QED) is 0.832. The van der Waals surface area contributed by atoms with Crippen LogP contribution in [0.3, 0.4) is 0 Å². The maximum Gasteiger partial charge on any atom is 0.256 e. The molecule has 0 aromatic heterocycles. The number of nitrogens with two attached hydrogens (primary N) is 1. The van der Waals surface area contributed by atoms with Crippen molar-refractivity contribution >= 4 is 11.6 Å². The van der Waals surface area contributed by atoms with Crippen molar-refractivity contribution in [2.24, 2.45) is 5.73 Å². The number of anilines is 1. The molecular weight excluding hydrogens is 267 g/mol. The summed E-state index contributed by atoms with van der Waals surface area (Å²) in [6.07, 6.45) is 0. The van der Waals surface area contributed by atoms with E-state index < -0.39 is 0 Å². The summed E-state index contributed by atoms with van der Waals surface area (Å²) >= 11 is 0. The molecule has 21 heavy (non-hydrogen) atoms. The lowest BCUT2D eigenvalue weighted by Crippen LogP contribution is -2.13. The van der Waals surface area contributed by atoms with Crippen LogP contribution in [0.1, 0.15) is 21.5 Å². The zero-order valence-electron chi connectivity index (χ0n) is 11.6. The molecule has 106 valence electrons. The average Bonchev–Trinajstić information content (AvgIpc) is 2.49. The molecule has 0 heterocycles. The fourth-order valence-electron chi connectivity index (χ4n) is 1.81. The fourth-order valence-corrected chi connectivity index (χ4v) is 1.81. The maximum absolute atomic E-state index is 13.5. The first-order valence-electron chi connectivity index (χ1n) is 6.47. The van der Waals surface area contributed by atoms with Gasteiger partial charge in [-0.2, -0.15) is 0 Å². The van der Waals surface area contributed by atoms with Crippen molar-refractivity contribution < 1.29 is 9.18 Å². The van der Waals surface area contributed by atoms with Gasteiger partial charge in [-0.25, -0.2) is 4.39 Å². The SMILES string of the molecule is Cc1ccc(NC(=O)c2ccccc2C#CCN)cc1F. The smallest absolute Gasteiger partial charge is 0.256 e. The number of carbonyl (C=O) groups excluding carboxylic acids is 1. The molecule has 0 spiro atoms. The molecule has 4 heteroatoms. The van der Waals surface area contributed by atoms with Gasteiger partial charge in [-0.15, -0.1) is 0 Å². The third-order valence-electron chi connectivity index (χ3n) is 2.93. The van der Waals surface area contributed by atoms with E-state index in [0.717, 1.165) is 0 Å². The molecule has 0 saturated carbocycles. The normalized spacial score (nSPS) is 9.67. The lowest BCUT2D eigenvalue weighted by atomic mass is 10.1. The van der Waals surface area contributed by atoms with Gasteiger partial charge in [0.1, 0.15) is 5.82 Å². The third kappa shape index (κ3) is 3.68. The van der Waals surface area contributed by atoms with Crippen molar-refractivity contribution in [3.8, 4) is 11.8 Å². The Morgan fingerprint density at radius 1 is 1.29 bits per heavy atom. The minimum Gasteiger partial charge on any atom is -0.322 e. The van der Waals surface area contributed by atoms with Crippen LogP contribution in [-0.4, -0.2) is 12.5 Å². The number of rotatable bonds is 2. The summed E-state index contributed by atoms with van der Waals surface area (Å²) in [5.41, 5.74) is 7.30. The summed E-state index contributed by atoms with van der Waals surface area (Å²) in [7, 11) is 0. The predicted octanol–water partition coefficient (Wildman–Crippen LogP) is 2.70. The van der Waals surface area contributed by atoms with Crippen molar-refractivity contribution in [1.82, 2.24) is 0 Å². The number of benzene rings is 2. The van der Waals surface area contributed by atoms with E-state index in [0.29, 0.717) is 22.4 Å². The number of aryl methyl sites for hydroxylation is 1. The Bertz CT molecular complexity index is 729. The molecule has 0 aliphatic rings. The molecule has 0 fully saturated rings. The highest BCUT2D eigenvalue weighted by molar-refractivity contribution is 6.06. The van der Waals surface area contributed by atoms with Gasteiger partial charge >= 0.3 is 0 Å². The zero-order valence-corrected chi connectivity index (χ0v) is 11.6. The standard InChI is InChI=1S/C17H15FN2O/c1-12-8-9-14(11-16(12)18)20-17(21)15-7-3-2-5-13(15)6-4-10-19/h2-3,5,7-9,11H,10,19H2,1H3,(H,20,21). The van der Waals surface area contributed by atoms with E-state index in [1.54, 1.807) is 43.3 Å². The van der Waals surface area contributed by atoms with Crippen molar-refractivity contribution in [3.63, 3.8) is 0 Å². The first-order valence-corrected chi connectivity index (χ1v) is 6.47. The molecule has 0 unspecified atom stereocenters. The molecule has 1 amide bonds. The third-order valence-corrected chi connectivity index (χ3v) is 2.93. The summed E-state index contributed by atoms with van der Waals surface area (Å²) < 4.78 is 13.5. The van der Waals surface area contributed by atoms with Crippen molar-refractivity contribution in [1.29, 1.82) is 0 Å². The first kappa shape index (κ1) is 14.8. The second-order valence-corrected chi connectivity index (χ2v) is 4.47. The number of nitrogens with one attached hydrogen (secondary N) is 1. The van der Waals surface area contributed by atoms with Crippen molar-refractivity contribution in [3.05, 3.63) is 65.0 Å². The summed E-state index contributed by atoms with van der Waals surface area (Å²) in [5, 5.41) is 2.67. The van der Waals surface area contributed by atoms with Gasteiger partial charge in [-0.05, 0) is 36.8 Å². The van der Waals surface area contributed by atoms with E-state index in [9.17, 15) is 9.18 Å². The molecule has 0 aliphatic carbocycles. The minimum absolute atomic E-state index is 0.221. The van der Waals surface area contributed by atoms with Crippen molar-refractivity contribution in [2.75, 3.05) is 11.9 Å². The number of amides is 1. The molecule has 2 aromatic carbocycles. The van der Waals surface area contributed by atoms with E-state index in [4.69, 9.17) is 5.73 Å². The molecule has 0 aliphatic heterocycles. The van der Waals surface area contributed by atoms with Gasteiger partial charge in [0.05, 0.1) is 12.1 Å². The number of hydrogen-bond acceptors (Lipinski definition) is 2. The van der Waals surface area contributed by atoms with E-state index in [1.807, 2.05) is 0 Å². The lowest BCUT2D eigenvalue weighted by molar-refractivity contribution is 0.102. The van der Waals surface area contributed by atoms with E-state index in [-0.39, 0.29) is 18.3 Å². The van der Waals surface area contributed by atoms with E-state index in [2.05, 4.69) is 17.2 Å². The Balaban J connectivity index is 2.26. The van der Waals surface area contributed by atoms with Crippen LogP contribution in [0.15, 0.2) is 42.5 Å². The minimum atomic E-state index is -0.357. The lowest BCUT2D eigenvalue weighted by Gasteiger charge is -2.08. The maximum atomic E-state index is 13.5. The number of carbonyl (C=O) groups is 1. The van der Waals surface area contributed by atoms with Crippen LogP contribution in [0.2, 0.25) is 0 Å². The molecule has 3 N–H and O–H groups in total. The molecule has 0 radical (unpaired) electrons. The van der Waals surface area contributed by atoms with Gasteiger partial charge in [0.15, 0.2) is 0 Å². The molecular formula is C17H15FN2O. The van der Waals surface area contributed by atoms with Crippen LogP contribution in [-0.2, 0) is 0 Å². The monoisotopic (exact) mass is 282 g/mol. The second kappa shape index (κ2) is 6.69. The van der Waals surface area contributed by atoms with Gasteiger partial charge in [0.2, 0.25) is 0 Å². The van der Waals surface area contributed by atoms with Crippen LogP contribution in [0, 0.1) is 24.6 Å². The molecule has 3 nitrogen and oxygen atoms in total. The molecule has 2 aromatic rings. The van der Waals surface area contributed by atoms with Crippen LogP contribution in [0.5, 0.6) is 0 Å². The average molecular weight is 282 g/mol. The molecule has 0 bridgehead atoms. The Morgan fingerprint density at radius 3 is 2.76 bits per heavy atom. The first-order chi connectivity index (χ1) is 10.1. The Morgan fingerprint density at radius 2 is 2.05 bits per heavy atom. The summed E-state index contributed by atoms with van der Waals surface area (Å²) in [6, 6.07) is 11.5. The van der Waals surface area contributed by atoms with Gasteiger partial charge in [-0.1, -0.05) is 30.0 Å². The fraction of sp³-hybridized carbons (Fsp3) is 0.118. The zero-order chi connectivity index (χ0) is 15.2. The number of halogens is 1. The highest BCUT2D eigenvalue weighted by Crippen LogP contribution is 2.16. The van der Waals surface area contributed by atoms with E-state index in [1.165, 1.54) is 6.07 Å². The summed E-state index contributed by atoms with van der Waals surface area (Å²) in [5.74, 6) is 4.88. The highest BCUT2D eigenvalue weighted by atomic mass is 19.1. The number of hydrogen-bond donors (Lipinski definition) is 2. The topological polar surface area (TPSA) is 55.1 Å². The van der Waals surface area contributed by atoms with Crippen LogP contribution < -0.4 is 11.1 Å². The largest absolute Gasteiger partial charge is 0.322 e. The molecule has 0 saturated heterocycles. The Labute approximate surface area is 123 Å². The van der Waals surface area contributed by atoms with Gasteiger partial charge in [0, 0.05) is 11.3 Å². The second-order valence-electron chi connectivity index (χ2n) is 4.47. The highest BCUT2D eigenvalue weighted by Gasteiger charge is 2.10.